The van der Waals surface area contributed by atoms with Crippen LogP contribution < -0.4 is 5.56 Å². The molecule has 6 nitrogen and oxygen atoms in total. The summed E-state index contributed by atoms with van der Waals surface area (Å²) in [4.78, 5) is 30.6. The standard InChI is InChI=1S/C16H19N3O3/c1-22-16(21)13-6-2-4-8-18(13)11-12-10-15(20)19-9-5-3-7-14(19)17-12/h3,5,7,9-10,13H,2,4,6,8,11H2,1H3. The first-order chi connectivity index (χ1) is 10.7. The van der Waals surface area contributed by atoms with Crippen molar-refractivity contribution in [1.29, 1.82) is 0 Å². The summed E-state index contributed by atoms with van der Waals surface area (Å²) in [5, 5.41) is 0. The molecule has 0 aromatic carbocycles. The van der Waals surface area contributed by atoms with E-state index in [1.807, 2.05) is 6.07 Å². The summed E-state index contributed by atoms with van der Waals surface area (Å²) >= 11 is 0. The highest BCUT2D eigenvalue weighted by Gasteiger charge is 2.29. The third-order valence-corrected chi connectivity index (χ3v) is 4.08. The summed E-state index contributed by atoms with van der Waals surface area (Å²) in [6.45, 7) is 1.30. The third kappa shape index (κ3) is 2.87. The van der Waals surface area contributed by atoms with E-state index in [0.717, 1.165) is 25.8 Å². The van der Waals surface area contributed by atoms with E-state index in [2.05, 4.69) is 9.88 Å². The maximum atomic E-state index is 12.1. The fraction of sp³-hybridized carbons (Fsp3) is 0.438. The number of likely N-dealkylation sites (tertiary alicyclic amines) is 1. The zero-order chi connectivity index (χ0) is 15.5. The van der Waals surface area contributed by atoms with Gasteiger partial charge in [-0.1, -0.05) is 12.5 Å². The molecule has 0 spiro atoms. The number of hydrogen-bond donors (Lipinski definition) is 0. The van der Waals surface area contributed by atoms with E-state index >= 15 is 0 Å². The zero-order valence-electron chi connectivity index (χ0n) is 12.6. The smallest absolute Gasteiger partial charge is 0.323 e. The summed E-state index contributed by atoms with van der Waals surface area (Å²) < 4.78 is 6.40. The van der Waals surface area contributed by atoms with Crippen LogP contribution in [0.4, 0.5) is 0 Å². The molecule has 116 valence electrons. The molecule has 3 rings (SSSR count). The second kappa shape index (κ2) is 6.27. The van der Waals surface area contributed by atoms with E-state index in [1.165, 1.54) is 17.6 Å². The van der Waals surface area contributed by atoms with Crippen molar-refractivity contribution in [3.8, 4) is 0 Å². The molecule has 3 heterocycles. The second-order valence-corrected chi connectivity index (χ2v) is 5.52. The number of aromatic nitrogens is 2. The lowest BCUT2D eigenvalue weighted by Crippen LogP contribution is -2.44. The fourth-order valence-electron chi connectivity index (χ4n) is 2.98. The van der Waals surface area contributed by atoms with Crippen LogP contribution in [0.15, 0.2) is 35.3 Å². The number of piperidine rings is 1. The van der Waals surface area contributed by atoms with Gasteiger partial charge < -0.3 is 4.74 Å². The van der Waals surface area contributed by atoms with Gasteiger partial charge in [0.25, 0.3) is 5.56 Å². The number of methoxy groups -OCH3 is 1. The van der Waals surface area contributed by atoms with E-state index in [1.54, 1.807) is 18.3 Å². The number of ether oxygens (including phenoxy) is 1. The van der Waals surface area contributed by atoms with Crippen molar-refractivity contribution < 1.29 is 9.53 Å². The van der Waals surface area contributed by atoms with Crippen molar-refractivity contribution in [2.45, 2.75) is 31.8 Å². The van der Waals surface area contributed by atoms with Crippen LogP contribution in [0.3, 0.4) is 0 Å². The minimum atomic E-state index is -0.241. The number of carbonyl (C=O) groups excluding carboxylic acids is 1. The quantitative estimate of drug-likeness (QED) is 0.798. The number of rotatable bonds is 3. The Balaban J connectivity index is 1.88. The third-order valence-electron chi connectivity index (χ3n) is 4.08. The first-order valence-electron chi connectivity index (χ1n) is 7.48. The molecule has 0 amide bonds. The van der Waals surface area contributed by atoms with Gasteiger partial charge >= 0.3 is 5.97 Å². The molecular formula is C16H19N3O3. The summed E-state index contributed by atoms with van der Waals surface area (Å²) in [6, 6.07) is 6.75. The second-order valence-electron chi connectivity index (χ2n) is 5.52. The van der Waals surface area contributed by atoms with Gasteiger partial charge in [0.2, 0.25) is 0 Å². The van der Waals surface area contributed by atoms with Gasteiger partial charge in [0, 0.05) is 18.8 Å². The van der Waals surface area contributed by atoms with Crippen molar-refractivity contribution in [1.82, 2.24) is 14.3 Å². The molecule has 0 aliphatic carbocycles. The Hall–Kier alpha value is -2.21. The summed E-state index contributed by atoms with van der Waals surface area (Å²) in [5.41, 5.74) is 1.20. The topological polar surface area (TPSA) is 63.9 Å². The zero-order valence-corrected chi connectivity index (χ0v) is 12.6. The number of fused-ring (bicyclic) bond motifs is 1. The highest BCUT2D eigenvalue weighted by molar-refractivity contribution is 5.75. The molecule has 1 unspecified atom stereocenters. The highest BCUT2D eigenvalue weighted by Crippen LogP contribution is 2.20. The Morgan fingerprint density at radius 3 is 3.09 bits per heavy atom. The van der Waals surface area contributed by atoms with E-state index in [0.29, 0.717) is 17.9 Å². The molecule has 1 fully saturated rings. The van der Waals surface area contributed by atoms with E-state index in [-0.39, 0.29) is 17.6 Å². The molecular weight excluding hydrogens is 282 g/mol. The van der Waals surface area contributed by atoms with Crippen LogP contribution in [0, 0.1) is 0 Å². The number of carbonyl (C=O) groups is 1. The molecule has 6 heteroatoms. The van der Waals surface area contributed by atoms with Crippen LogP contribution in [0.1, 0.15) is 25.0 Å². The maximum Gasteiger partial charge on any atom is 0.323 e. The van der Waals surface area contributed by atoms with Crippen molar-refractivity contribution in [2.75, 3.05) is 13.7 Å². The van der Waals surface area contributed by atoms with E-state index in [4.69, 9.17) is 4.74 Å². The fourth-order valence-corrected chi connectivity index (χ4v) is 2.98. The van der Waals surface area contributed by atoms with Crippen LogP contribution in [0.5, 0.6) is 0 Å². The first kappa shape index (κ1) is 14.7. The number of esters is 1. The molecule has 1 aliphatic rings. The lowest BCUT2D eigenvalue weighted by molar-refractivity contribution is -0.148. The van der Waals surface area contributed by atoms with E-state index in [9.17, 15) is 9.59 Å². The van der Waals surface area contributed by atoms with Gasteiger partial charge in [-0.25, -0.2) is 4.98 Å². The largest absolute Gasteiger partial charge is 0.468 e. The molecule has 2 aromatic heterocycles. The van der Waals surface area contributed by atoms with Crippen LogP contribution in [-0.4, -0.2) is 40.0 Å². The highest BCUT2D eigenvalue weighted by atomic mass is 16.5. The minimum Gasteiger partial charge on any atom is -0.468 e. The van der Waals surface area contributed by atoms with Crippen molar-refractivity contribution >= 4 is 11.6 Å². The predicted molar refractivity (Wildman–Crippen MR) is 81.5 cm³/mol. The molecule has 1 aliphatic heterocycles. The van der Waals surface area contributed by atoms with Gasteiger partial charge in [-0.2, -0.15) is 0 Å². The lowest BCUT2D eigenvalue weighted by atomic mass is 10.0. The normalized spacial score (nSPS) is 19.2. The Morgan fingerprint density at radius 2 is 2.27 bits per heavy atom. The molecule has 1 atom stereocenters. The van der Waals surface area contributed by atoms with Crippen LogP contribution >= 0.6 is 0 Å². The van der Waals surface area contributed by atoms with Gasteiger partial charge in [0.15, 0.2) is 0 Å². The average Bonchev–Trinajstić information content (AvgIpc) is 2.55. The number of hydrogen-bond acceptors (Lipinski definition) is 5. The number of nitrogens with zero attached hydrogens (tertiary/aromatic N) is 3. The molecule has 1 saturated heterocycles. The first-order valence-corrected chi connectivity index (χ1v) is 7.48. The van der Waals surface area contributed by atoms with E-state index < -0.39 is 0 Å². The van der Waals surface area contributed by atoms with Gasteiger partial charge in [-0.15, -0.1) is 0 Å². The van der Waals surface area contributed by atoms with Crippen molar-refractivity contribution in [3.05, 3.63) is 46.5 Å². The predicted octanol–water partition coefficient (Wildman–Crippen LogP) is 1.22. The maximum absolute atomic E-state index is 12.1. The molecule has 0 N–H and O–H groups in total. The molecule has 0 saturated carbocycles. The lowest BCUT2D eigenvalue weighted by Gasteiger charge is -2.33. The van der Waals surface area contributed by atoms with Crippen LogP contribution in [0.2, 0.25) is 0 Å². The molecule has 0 radical (unpaired) electrons. The van der Waals surface area contributed by atoms with Crippen molar-refractivity contribution in [2.24, 2.45) is 0 Å². The Bertz CT molecular complexity index is 741. The number of pyridine rings is 1. The Labute approximate surface area is 128 Å². The summed E-state index contributed by atoms with van der Waals surface area (Å²) in [5.74, 6) is -0.211. The molecule has 0 bridgehead atoms. The summed E-state index contributed by atoms with van der Waals surface area (Å²) in [7, 11) is 1.41. The van der Waals surface area contributed by atoms with Crippen LogP contribution in [0.25, 0.3) is 5.65 Å². The van der Waals surface area contributed by atoms with Gasteiger partial charge in [-0.05, 0) is 31.5 Å². The SMILES string of the molecule is COC(=O)C1CCCCN1Cc1cc(=O)n2ccccc2n1. The van der Waals surface area contributed by atoms with Gasteiger partial charge in [0.1, 0.15) is 11.7 Å². The Kier molecular flexibility index (Phi) is 4.20. The molecule has 22 heavy (non-hydrogen) atoms. The summed E-state index contributed by atoms with van der Waals surface area (Å²) in [6.07, 6.45) is 4.55. The monoisotopic (exact) mass is 301 g/mol. The molecule has 2 aromatic rings. The van der Waals surface area contributed by atoms with Crippen molar-refractivity contribution in [3.63, 3.8) is 0 Å². The van der Waals surface area contributed by atoms with Gasteiger partial charge in [0.05, 0.1) is 12.8 Å². The van der Waals surface area contributed by atoms with Crippen LogP contribution in [-0.2, 0) is 16.1 Å². The van der Waals surface area contributed by atoms with Gasteiger partial charge in [-0.3, -0.25) is 18.9 Å². The Morgan fingerprint density at radius 1 is 1.41 bits per heavy atom. The average molecular weight is 301 g/mol. The minimum absolute atomic E-state index is 0.104.